The number of rotatable bonds is 1. The van der Waals surface area contributed by atoms with Gasteiger partial charge in [0.1, 0.15) is 0 Å². The molecule has 0 unspecified atom stereocenters. The highest BCUT2D eigenvalue weighted by Crippen LogP contribution is 2.27. The number of carbonyl (C=O) groups is 1. The lowest BCUT2D eigenvalue weighted by Crippen LogP contribution is -2.24. The van der Waals surface area contributed by atoms with Gasteiger partial charge in [-0.3, -0.25) is 4.57 Å². The first-order chi connectivity index (χ1) is 7.29. The van der Waals surface area contributed by atoms with Gasteiger partial charge in [0, 0.05) is 16.8 Å². The minimum absolute atomic E-state index is 0.0637. The molecule has 0 bridgehead atoms. The van der Waals surface area contributed by atoms with Crippen LogP contribution in [0.15, 0.2) is 6.07 Å². The summed E-state index contributed by atoms with van der Waals surface area (Å²) in [4.78, 5) is 11.9. The summed E-state index contributed by atoms with van der Waals surface area (Å²) in [6, 6.07) is 2.06. The second-order valence-corrected chi connectivity index (χ2v) is 5.08. The molecule has 16 heavy (non-hydrogen) atoms. The van der Waals surface area contributed by atoms with Crippen molar-refractivity contribution in [3.05, 3.63) is 23.0 Å². The molecule has 0 aliphatic carbocycles. The van der Waals surface area contributed by atoms with Crippen LogP contribution in [0.3, 0.4) is 0 Å². The molecule has 0 saturated carbocycles. The fourth-order valence-corrected chi connectivity index (χ4v) is 1.71. The van der Waals surface area contributed by atoms with Gasteiger partial charge in [0.25, 0.3) is 0 Å². The Morgan fingerprint density at radius 3 is 2.38 bits per heavy atom. The van der Waals surface area contributed by atoms with Crippen molar-refractivity contribution in [2.75, 3.05) is 6.61 Å². The molecular weight excluding hydrogens is 202 g/mol. The fourth-order valence-electron chi connectivity index (χ4n) is 1.71. The van der Waals surface area contributed by atoms with E-state index in [4.69, 9.17) is 4.74 Å². The number of aryl methyl sites for hydroxylation is 1. The quantitative estimate of drug-likeness (QED) is 0.730. The van der Waals surface area contributed by atoms with Crippen LogP contribution in [-0.4, -0.2) is 17.3 Å². The van der Waals surface area contributed by atoms with E-state index in [1.165, 1.54) is 0 Å². The van der Waals surface area contributed by atoms with Gasteiger partial charge in [-0.15, -0.1) is 0 Å². The van der Waals surface area contributed by atoms with Crippen LogP contribution in [0.1, 0.15) is 44.6 Å². The largest absolute Gasteiger partial charge is 0.449 e. The fraction of sp³-hybridized carbons (Fsp3) is 0.615. The lowest BCUT2D eigenvalue weighted by Gasteiger charge is -2.21. The molecule has 0 aromatic carbocycles. The second-order valence-electron chi connectivity index (χ2n) is 5.08. The van der Waals surface area contributed by atoms with Crippen LogP contribution in [0.25, 0.3) is 0 Å². The third kappa shape index (κ3) is 2.29. The van der Waals surface area contributed by atoms with Gasteiger partial charge in [0.15, 0.2) is 0 Å². The Hall–Kier alpha value is -1.25. The van der Waals surface area contributed by atoms with Gasteiger partial charge >= 0.3 is 6.09 Å². The van der Waals surface area contributed by atoms with Crippen molar-refractivity contribution in [2.24, 2.45) is 0 Å². The van der Waals surface area contributed by atoms with Crippen molar-refractivity contribution in [3.63, 3.8) is 0 Å². The van der Waals surface area contributed by atoms with Crippen molar-refractivity contribution in [3.8, 4) is 0 Å². The number of aromatic nitrogens is 1. The van der Waals surface area contributed by atoms with Crippen molar-refractivity contribution in [1.29, 1.82) is 0 Å². The minimum Gasteiger partial charge on any atom is -0.449 e. The Bertz CT molecular complexity index is 397. The monoisotopic (exact) mass is 223 g/mol. The molecule has 3 nitrogen and oxygen atoms in total. The Morgan fingerprint density at radius 2 is 1.94 bits per heavy atom. The number of ether oxygens (including phenoxy) is 1. The van der Waals surface area contributed by atoms with Crippen LogP contribution < -0.4 is 0 Å². The Kier molecular flexibility index (Phi) is 3.46. The van der Waals surface area contributed by atoms with Crippen LogP contribution in [0.5, 0.6) is 0 Å². The molecule has 1 aromatic rings. The summed E-state index contributed by atoms with van der Waals surface area (Å²) in [5.74, 6) is 0. The van der Waals surface area contributed by atoms with Gasteiger partial charge in [-0.05, 0) is 32.4 Å². The molecular formula is C13H21NO2. The molecule has 3 heteroatoms. The lowest BCUT2D eigenvalue weighted by atomic mass is 9.92. The maximum Gasteiger partial charge on any atom is 0.418 e. The first kappa shape index (κ1) is 12.8. The molecule has 0 saturated heterocycles. The van der Waals surface area contributed by atoms with Crippen LogP contribution in [-0.2, 0) is 10.2 Å². The van der Waals surface area contributed by atoms with Crippen molar-refractivity contribution in [2.45, 2.75) is 47.0 Å². The summed E-state index contributed by atoms with van der Waals surface area (Å²) in [5.41, 5.74) is 3.02. The van der Waals surface area contributed by atoms with E-state index in [1.807, 2.05) is 20.8 Å². The maximum atomic E-state index is 11.9. The lowest BCUT2D eigenvalue weighted by molar-refractivity contribution is 0.151. The molecule has 90 valence electrons. The third-order valence-electron chi connectivity index (χ3n) is 2.72. The van der Waals surface area contributed by atoms with Gasteiger partial charge in [-0.25, -0.2) is 4.79 Å². The molecule has 0 spiro atoms. The van der Waals surface area contributed by atoms with Gasteiger partial charge in [-0.1, -0.05) is 20.8 Å². The number of carbonyl (C=O) groups excluding carboxylic acids is 1. The van der Waals surface area contributed by atoms with E-state index in [1.54, 1.807) is 4.57 Å². The van der Waals surface area contributed by atoms with Crippen LogP contribution in [0.2, 0.25) is 0 Å². The highest BCUT2D eigenvalue weighted by Gasteiger charge is 2.24. The molecule has 1 heterocycles. The van der Waals surface area contributed by atoms with E-state index < -0.39 is 0 Å². The average molecular weight is 223 g/mol. The molecule has 0 radical (unpaired) electrons. The van der Waals surface area contributed by atoms with E-state index in [-0.39, 0.29) is 11.5 Å². The predicted octanol–water partition coefficient (Wildman–Crippen LogP) is 3.41. The standard InChI is InChI=1S/C13H21NO2/c1-7-16-12(15)14-10(3)9(2)8-11(14)13(4,5)6/h8H,7H2,1-6H3. The van der Waals surface area contributed by atoms with Gasteiger partial charge in [0.2, 0.25) is 0 Å². The Balaban J connectivity index is 3.30. The SMILES string of the molecule is CCOC(=O)n1c(C(C)(C)C)cc(C)c1C. The van der Waals surface area contributed by atoms with Crippen LogP contribution in [0, 0.1) is 13.8 Å². The van der Waals surface area contributed by atoms with Crippen LogP contribution >= 0.6 is 0 Å². The molecule has 0 amide bonds. The molecule has 1 rings (SSSR count). The Morgan fingerprint density at radius 1 is 1.38 bits per heavy atom. The zero-order valence-electron chi connectivity index (χ0n) is 11.0. The molecule has 0 fully saturated rings. The molecule has 0 N–H and O–H groups in total. The van der Waals surface area contributed by atoms with E-state index in [0.29, 0.717) is 6.61 Å². The summed E-state index contributed by atoms with van der Waals surface area (Å²) >= 11 is 0. The summed E-state index contributed by atoms with van der Waals surface area (Å²) in [6.45, 7) is 12.5. The molecule has 0 aliphatic rings. The van der Waals surface area contributed by atoms with Gasteiger partial charge < -0.3 is 4.74 Å². The second kappa shape index (κ2) is 4.32. The number of nitrogens with zero attached hydrogens (tertiary/aromatic N) is 1. The zero-order valence-corrected chi connectivity index (χ0v) is 11.0. The maximum absolute atomic E-state index is 11.9. The van der Waals surface area contributed by atoms with E-state index in [9.17, 15) is 4.79 Å². The van der Waals surface area contributed by atoms with Gasteiger partial charge in [-0.2, -0.15) is 0 Å². The highest BCUT2D eigenvalue weighted by atomic mass is 16.5. The molecule has 1 aromatic heterocycles. The topological polar surface area (TPSA) is 31.2 Å². The minimum atomic E-state index is -0.280. The average Bonchev–Trinajstić information content (AvgIpc) is 2.43. The normalized spacial score (nSPS) is 11.6. The predicted molar refractivity (Wildman–Crippen MR) is 65.0 cm³/mol. The zero-order chi connectivity index (χ0) is 12.5. The van der Waals surface area contributed by atoms with Crippen molar-refractivity contribution in [1.82, 2.24) is 4.57 Å². The molecule has 0 atom stereocenters. The summed E-state index contributed by atoms with van der Waals surface area (Å²) < 4.78 is 6.76. The first-order valence-electron chi connectivity index (χ1n) is 5.65. The first-order valence-corrected chi connectivity index (χ1v) is 5.65. The van der Waals surface area contributed by atoms with Crippen LogP contribution in [0.4, 0.5) is 4.79 Å². The Labute approximate surface area is 97.4 Å². The summed E-state index contributed by atoms with van der Waals surface area (Å²) in [7, 11) is 0. The number of hydrogen-bond acceptors (Lipinski definition) is 2. The summed E-state index contributed by atoms with van der Waals surface area (Å²) in [5, 5.41) is 0. The van der Waals surface area contributed by atoms with Crippen molar-refractivity contribution >= 4 is 6.09 Å². The van der Waals surface area contributed by atoms with Gasteiger partial charge in [0.05, 0.1) is 6.61 Å². The number of hydrogen-bond donors (Lipinski definition) is 0. The van der Waals surface area contributed by atoms with Crippen molar-refractivity contribution < 1.29 is 9.53 Å². The van der Waals surface area contributed by atoms with E-state index >= 15 is 0 Å². The van der Waals surface area contributed by atoms with E-state index in [2.05, 4.69) is 26.8 Å². The highest BCUT2D eigenvalue weighted by molar-refractivity contribution is 5.73. The smallest absolute Gasteiger partial charge is 0.418 e. The summed E-state index contributed by atoms with van der Waals surface area (Å²) in [6.07, 6.45) is -0.280. The third-order valence-corrected chi connectivity index (χ3v) is 2.72. The van der Waals surface area contributed by atoms with E-state index in [0.717, 1.165) is 17.0 Å². The molecule has 0 aliphatic heterocycles.